The molecular formula is C19H24N4OS. The highest BCUT2D eigenvalue weighted by Gasteiger charge is 2.42. The molecule has 0 spiro atoms. The first-order valence-corrected chi connectivity index (χ1v) is 10.1. The van der Waals surface area contributed by atoms with Gasteiger partial charge in [-0.3, -0.25) is 9.36 Å². The van der Waals surface area contributed by atoms with Crippen LogP contribution < -0.4 is 5.32 Å². The molecule has 25 heavy (non-hydrogen) atoms. The zero-order valence-electron chi connectivity index (χ0n) is 14.5. The number of hydrogen-bond acceptors (Lipinski definition) is 4. The third-order valence-corrected chi connectivity index (χ3v) is 6.65. The fourth-order valence-corrected chi connectivity index (χ4v) is 5.27. The first kappa shape index (κ1) is 16.6. The molecule has 132 valence electrons. The molecule has 2 aliphatic rings. The minimum absolute atomic E-state index is 0.0860. The van der Waals surface area contributed by atoms with Gasteiger partial charge in [0, 0.05) is 11.7 Å². The number of nitrogens with zero attached hydrogens (tertiary/aromatic N) is 3. The first-order chi connectivity index (χ1) is 12.2. The number of carbonyl (C=O) groups excluding carboxylic acids is 1. The minimum atomic E-state index is 0.0860. The van der Waals surface area contributed by atoms with Crippen LogP contribution in [0.15, 0.2) is 41.8 Å². The van der Waals surface area contributed by atoms with Gasteiger partial charge in [0.2, 0.25) is 5.91 Å². The fraction of sp³-hybridized carbons (Fsp3) is 0.526. The first-order valence-electron chi connectivity index (χ1n) is 9.08. The average Bonchev–Trinajstić information content (AvgIpc) is 3.37. The van der Waals surface area contributed by atoms with Gasteiger partial charge >= 0.3 is 0 Å². The Hall–Kier alpha value is -1.82. The van der Waals surface area contributed by atoms with Crippen LogP contribution in [0.4, 0.5) is 0 Å². The van der Waals surface area contributed by atoms with E-state index >= 15 is 0 Å². The number of benzene rings is 1. The second-order valence-electron chi connectivity index (χ2n) is 7.30. The number of thioether (sulfide) groups is 1. The molecule has 1 amide bonds. The Morgan fingerprint density at radius 2 is 2.16 bits per heavy atom. The zero-order valence-corrected chi connectivity index (χ0v) is 15.3. The molecular weight excluding hydrogens is 332 g/mol. The van der Waals surface area contributed by atoms with Gasteiger partial charge in [0.05, 0.1) is 5.75 Å². The van der Waals surface area contributed by atoms with Crippen molar-refractivity contribution in [1.29, 1.82) is 0 Å². The van der Waals surface area contributed by atoms with E-state index in [0.717, 1.165) is 22.7 Å². The van der Waals surface area contributed by atoms with E-state index in [9.17, 15) is 4.79 Å². The third kappa shape index (κ3) is 3.59. The quantitative estimate of drug-likeness (QED) is 0.807. The smallest absolute Gasteiger partial charge is 0.230 e. The number of para-hydroxylation sites is 1. The molecule has 2 aromatic rings. The van der Waals surface area contributed by atoms with Gasteiger partial charge < -0.3 is 5.32 Å². The molecule has 5 nitrogen and oxygen atoms in total. The van der Waals surface area contributed by atoms with Gasteiger partial charge in [-0.1, -0.05) is 36.4 Å². The van der Waals surface area contributed by atoms with Crippen molar-refractivity contribution in [2.24, 2.45) is 17.8 Å². The summed E-state index contributed by atoms with van der Waals surface area (Å²) in [6, 6.07) is 10.2. The van der Waals surface area contributed by atoms with Crippen LogP contribution in [-0.4, -0.2) is 32.5 Å². The van der Waals surface area contributed by atoms with E-state index in [-0.39, 0.29) is 11.9 Å². The molecule has 0 unspecified atom stereocenters. The summed E-state index contributed by atoms with van der Waals surface area (Å²) >= 11 is 1.43. The molecule has 1 aromatic carbocycles. The Bertz CT molecular complexity index is 732. The Kier molecular flexibility index (Phi) is 4.79. The maximum atomic E-state index is 12.4. The lowest BCUT2D eigenvalue weighted by atomic mass is 9.84. The number of hydrogen-bond donors (Lipinski definition) is 1. The van der Waals surface area contributed by atoms with Gasteiger partial charge in [0.25, 0.3) is 0 Å². The summed E-state index contributed by atoms with van der Waals surface area (Å²) in [7, 11) is 0. The lowest BCUT2D eigenvalue weighted by molar-refractivity contribution is -0.119. The lowest BCUT2D eigenvalue weighted by Crippen LogP contribution is -2.40. The second kappa shape index (κ2) is 7.20. The zero-order chi connectivity index (χ0) is 17.2. The molecule has 2 bridgehead atoms. The highest BCUT2D eigenvalue weighted by molar-refractivity contribution is 7.99. The largest absolute Gasteiger partial charge is 0.353 e. The van der Waals surface area contributed by atoms with Gasteiger partial charge in [0.1, 0.15) is 6.33 Å². The van der Waals surface area contributed by atoms with E-state index in [1.165, 1.54) is 37.4 Å². The Labute approximate surface area is 152 Å². The van der Waals surface area contributed by atoms with Gasteiger partial charge in [-0.2, -0.15) is 0 Å². The Balaban J connectivity index is 1.32. The monoisotopic (exact) mass is 356 g/mol. The number of nitrogens with one attached hydrogen (secondary N) is 1. The van der Waals surface area contributed by atoms with Crippen LogP contribution in [0.25, 0.3) is 5.69 Å². The van der Waals surface area contributed by atoms with Crippen molar-refractivity contribution in [2.75, 3.05) is 5.75 Å². The predicted molar refractivity (Wildman–Crippen MR) is 98.6 cm³/mol. The summed E-state index contributed by atoms with van der Waals surface area (Å²) in [5, 5.41) is 12.1. The molecule has 2 saturated carbocycles. The number of rotatable bonds is 6. The van der Waals surface area contributed by atoms with Crippen molar-refractivity contribution in [3.63, 3.8) is 0 Å². The summed E-state index contributed by atoms with van der Waals surface area (Å²) in [4.78, 5) is 12.4. The minimum Gasteiger partial charge on any atom is -0.353 e. The van der Waals surface area contributed by atoms with E-state index in [1.807, 2.05) is 34.9 Å². The van der Waals surface area contributed by atoms with Gasteiger partial charge in [-0.15, -0.1) is 10.2 Å². The molecule has 0 saturated heterocycles. The van der Waals surface area contributed by atoms with Gasteiger partial charge in [-0.25, -0.2) is 0 Å². The van der Waals surface area contributed by atoms with E-state index in [2.05, 4.69) is 22.4 Å². The highest BCUT2D eigenvalue weighted by Crippen LogP contribution is 2.49. The number of amides is 1. The molecule has 0 radical (unpaired) electrons. The van der Waals surface area contributed by atoms with E-state index in [1.54, 1.807) is 6.33 Å². The number of fused-ring (bicyclic) bond motifs is 2. The standard InChI is InChI=1S/C19H24N4OS/c1-13(17-10-14-7-8-15(17)9-14)21-18(24)11-25-19-22-20-12-23(19)16-5-3-2-4-6-16/h2-6,12-15,17H,7-11H2,1H3,(H,21,24)/t13-,14+,15+,17-/m0/s1. The SMILES string of the molecule is C[C@H](NC(=O)CSc1nncn1-c1ccccc1)[C@@H]1C[C@@H]2CC[C@@H]1C2. The van der Waals surface area contributed by atoms with E-state index in [4.69, 9.17) is 0 Å². The van der Waals surface area contributed by atoms with Crippen molar-refractivity contribution in [3.8, 4) is 5.69 Å². The van der Waals surface area contributed by atoms with Crippen molar-refractivity contribution in [2.45, 2.75) is 43.8 Å². The second-order valence-corrected chi connectivity index (χ2v) is 8.25. The molecule has 1 N–H and O–H groups in total. The van der Waals surface area contributed by atoms with Crippen LogP contribution in [0.5, 0.6) is 0 Å². The van der Waals surface area contributed by atoms with Crippen LogP contribution in [0.3, 0.4) is 0 Å². The predicted octanol–water partition coefficient (Wildman–Crippen LogP) is 3.30. The fourth-order valence-electron chi connectivity index (χ4n) is 4.53. The topological polar surface area (TPSA) is 59.8 Å². The van der Waals surface area contributed by atoms with Crippen molar-refractivity contribution < 1.29 is 4.79 Å². The normalized spacial score (nSPS) is 25.9. The Morgan fingerprint density at radius 3 is 2.88 bits per heavy atom. The van der Waals surface area contributed by atoms with Crippen LogP contribution >= 0.6 is 11.8 Å². The van der Waals surface area contributed by atoms with Gasteiger partial charge in [0.15, 0.2) is 5.16 Å². The molecule has 0 aliphatic heterocycles. The van der Waals surface area contributed by atoms with Crippen molar-refractivity contribution in [3.05, 3.63) is 36.7 Å². The van der Waals surface area contributed by atoms with Gasteiger partial charge in [-0.05, 0) is 56.1 Å². The van der Waals surface area contributed by atoms with Crippen LogP contribution in [0.1, 0.15) is 32.6 Å². The maximum absolute atomic E-state index is 12.4. The molecule has 2 aliphatic carbocycles. The summed E-state index contributed by atoms with van der Waals surface area (Å²) < 4.78 is 1.91. The highest BCUT2D eigenvalue weighted by atomic mass is 32.2. The van der Waals surface area contributed by atoms with E-state index in [0.29, 0.717) is 11.7 Å². The summed E-state index contributed by atoms with van der Waals surface area (Å²) in [5.41, 5.74) is 1.01. The summed E-state index contributed by atoms with van der Waals surface area (Å²) in [6.07, 6.45) is 7.10. The lowest BCUT2D eigenvalue weighted by Gasteiger charge is -2.28. The van der Waals surface area contributed by atoms with Crippen molar-refractivity contribution >= 4 is 17.7 Å². The molecule has 2 fully saturated rings. The third-order valence-electron chi connectivity index (χ3n) is 5.71. The molecule has 4 atom stereocenters. The average molecular weight is 356 g/mol. The maximum Gasteiger partial charge on any atom is 0.230 e. The van der Waals surface area contributed by atoms with Crippen molar-refractivity contribution in [1.82, 2.24) is 20.1 Å². The number of aromatic nitrogens is 3. The van der Waals surface area contributed by atoms with Crippen LogP contribution in [0.2, 0.25) is 0 Å². The summed E-state index contributed by atoms with van der Waals surface area (Å²) in [6.45, 7) is 2.17. The van der Waals surface area contributed by atoms with E-state index < -0.39 is 0 Å². The molecule has 6 heteroatoms. The molecule has 1 heterocycles. The number of carbonyl (C=O) groups is 1. The molecule has 4 rings (SSSR count). The van der Waals surface area contributed by atoms with Crippen LogP contribution in [-0.2, 0) is 4.79 Å². The molecule has 1 aromatic heterocycles. The Morgan fingerprint density at radius 1 is 1.32 bits per heavy atom. The summed E-state index contributed by atoms with van der Waals surface area (Å²) in [5.74, 6) is 2.86. The van der Waals surface area contributed by atoms with Crippen LogP contribution in [0, 0.1) is 17.8 Å².